The van der Waals surface area contributed by atoms with E-state index in [0.29, 0.717) is 0 Å². The van der Waals surface area contributed by atoms with Gasteiger partial charge in [0.25, 0.3) is 0 Å². The van der Waals surface area contributed by atoms with Gasteiger partial charge in [-0.15, -0.1) is 0 Å². The van der Waals surface area contributed by atoms with Crippen molar-refractivity contribution in [1.82, 2.24) is 9.97 Å². The molecular formula is C33H33N3O2. The van der Waals surface area contributed by atoms with E-state index in [1.807, 2.05) is 24.5 Å². The molecule has 5 rings (SSSR count). The fourth-order valence-corrected chi connectivity index (χ4v) is 4.70. The van der Waals surface area contributed by atoms with E-state index >= 15 is 0 Å². The Labute approximate surface area is 225 Å². The summed E-state index contributed by atoms with van der Waals surface area (Å²) >= 11 is 0. The van der Waals surface area contributed by atoms with Crippen molar-refractivity contribution in [3.05, 3.63) is 101 Å². The molecule has 2 aromatic carbocycles. The first-order valence-corrected chi connectivity index (χ1v) is 13.0. The van der Waals surface area contributed by atoms with Crippen molar-refractivity contribution in [3.63, 3.8) is 0 Å². The third-order valence-corrected chi connectivity index (χ3v) is 6.80. The SMILES string of the molecule is COc1cc(N2CCCC2)c(OC)cc1/C=C/c1ccc(/C=C/c2ccnc(-c3cc(C)ccn3)c2)cc1. The molecule has 0 atom stereocenters. The van der Waals surface area contributed by atoms with Crippen molar-refractivity contribution in [2.75, 3.05) is 32.2 Å². The van der Waals surface area contributed by atoms with Crippen LogP contribution >= 0.6 is 0 Å². The first kappa shape index (κ1) is 25.3. The summed E-state index contributed by atoms with van der Waals surface area (Å²) in [6, 6.07) is 20.7. The predicted octanol–water partition coefficient (Wildman–Crippen LogP) is 7.41. The summed E-state index contributed by atoms with van der Waals surface area (Å²) in [5.41, 5.74) is 8.35. The van der Waals surface area contributed by atoms with Gasteiger partial charge in [-0.3, -0.25) is 9.97 Å². The molecule has 0 unspecified atom stereocenters. The van der Waals surface area contributed by atoms with E-state index in [1.165, 1.54) is 18.4 Å². The van der Waals surface area contributed by atoms with Crippen molar-refractivity contribution in [1.29, 1.82) is 0 Å². The zero-order valence-electron chi connectivity index (χ0n) is 22.2. The number of hydrogen-bond donors (Lipinski definition) is 0. The van der Waals surface area contributed by atoms with Crippen LogP contribution in [0.2, 0.25) is 0 Å². The number of methoxy groups -OCH3 is 2. The van der Waals surface area contributed by atoms with E-state index in [1.54, 1.807) is 14.2 Å². The Balaban J connectivity index is 1.30. The minimum Gasteiger partial charge on any atom is -0.496 e. The van der Waals surface area contributed by atoms with E-state index in [9.17, 15) is 0 Å². The number of rotatable bonds is 8. The molecule has 1 fully saturated rings. The molecule has 0 radical (unpaired) electrons. The van der Waals surface area contributed by atoms with Gasteiger partial charge < -0.3 is 14.4 Å². The molecule has 1 saturated heterocycles. The van der Waals surface area contributed by atoms with Gasteiger partial charge in [-0.1, -0.05) is 48.6 Å². The van der Waals surface area contributed by atoms with Gasteiger partial charge in [-0.25, -0.2) is 0 Å². The number of nitrogens with zero attached hydrogens (tertiary/aromatic N) is 3. The fourth-order valence-electron chi connectivity index (χ4n) is 4.70. The topological polar surface area (TPSA) is 47.5 Å². The zero-order valence-corrected chi connectivity index (χ0v) is 22.2. The number of aromatic nitrogens is 2. The van der Waals surface area contributed by atoms with Crippen LogP contribution in [0.5, 0.6) is 11.5 Å². The van der Waals surface area contributed by atoms with E-state index in [0.717, 1.165) is 63.9 Å². The van der Waals surface area contributed by atoms with Crippen molar-refractivity contribution in [2.45, 2.75) is 19.8 Å². The maximum atomic E-state index is 5.72. The largest absolute Gasteiger partial charge is 0.496 e. The lowest BCUT2D eigenvalue weighted by Crippen LogP contribution is -2.18. The van der Waals surface area contributed by atoms with Crippen LogP contribution in [-0.4, -0.2) is 37.3 Å². The van der Waals surface area contributed by atoms with Crippen LogP contribution in [0.1, 0.15) is 40.7 Å². The van der Waals surface area contributed by atoms with Crippen LogP contribution in [-0.2, 0) is 0 Å². The lowest BCUT2D eigenvalue weighted by Gasteiger charge is -2.22. The van der Waals surface area contributed by atoms with Gasteiger partial charge in [0.15, 0.2) is 0 Å². The van der Waals surface area contributed by atoms with Gasteiger partial charge in [0.1, 0.15) is 11.5 Å². The minimum absolute atomic E-state index is 0.848. The maximum absolute atomic E-state index is 5.72. The molecule has 3 heterocycles. The number of aryl methyl sites for hydroxylation is 1. The van der Waals surface area contributed by atoms with Gasteiger partial charge in [0.2, 0.25) is 0 Å². The second kappa shape index (κ2) is 11.8. The Morgan fingerprint density at radius 2 is 1.26 bits per heavy atom. The summed E-state index contributed by atoms with van der Waals surface area (Å²) in [6.45, 7) is 4.18. The highest BCUT2D eigenvalue weighted by molar-refractivity contribution is 5.78. The van der Waals surface area contributed by atoms with Crippen LogP contribution in [0, 0.1) is 6.92 Å². The normalized spacial score (nSPS) is 13.5. The highest BCUT2D eigenvalue weighted by atomic mass is 16.5. The molecule has 5 nitrogen and oxygen atoms in total. The number of benzene rings is 2. The molecule has 192 valence electrons. The quantitative estimate of drug-likeness (QED) is 0.234. The lowest BCUT2D eigenvalue weighted by molar-refractivity contribution is 0.402. The van der Waals surface area contributed by atoms with Gasteiger partial charge in [-0.05, 0) is 72.4 Å². The van der Waals surface area contributed by atoms with Crippen LogP contribution in [0.3, 0.4) is 0 Å². The summed E-state index contributed by atoms with van der Waals surface area (Å²) in [4.78, 5) is 11.3. The molecule has 1 aliphatic rings. The Bertz CT molecular complexity index is 1450. The molecule has 0 saturated carbocycles. The third-order valence-electron chi connectivity index (χ3n) is 6.80. The van der Waals surface area contributed by atoms with Crippen LogP contribution in [0.15, 0.2) is 73.1 Å². The molecule has 0 amide bonds. The molecule has 5 heteroatoms. The highest BCUT2D eigenvalue weighted by Crippen LogP contribution is 2.37. The summed E-state index contributed by atoms with van der Waals surface area (Å²) in [6.07, 6.45) is 14.5. The van der Waals surface area contributed by atoms with E-state index in [4.69, 9.17) is 9.47 Å². The van der Waals surface area contributed by atoms with Crippen molar-refractivity contribution in [3.8, 4) is 22.9 Å². The first-order chi connectivity index (χ1) is 18.6. The van der Waals surface area contributed by atoms with E-state index < -0.39 is 0 Å². The average Bonchev–Trinajstić information content (AvgIpc) is 3.50. The van der Waals surface area contributed by atoms with Gasteiger partial charge in [0, 0.05) is 37.1 Å². The van der Waals surface area contributed by atoms with Crippen LogP contribution in [0.4, 0.5) is 5.69 Å². The Kier molecular flexibility index (Phi) is 7.84. The predicted molar refractivity (Wildman–Crippen MR) is 157 cm³/mol. The van der Waals surface area contributed by atoms with Crippen molar-refractivity contribution in [2.24, 2.45) is 0 Å². The first-order valence-electron chi connectivity index (χ1n) is 13.0. The standard InChI is InChI=1S/C33H33N3O2/c1-24-14-16-34-29(20-24)30-21-27(15-17-35-30)11-10-25-6-8-26(9-7-25)12-13-28-22-33(38-3)31(23-32(28)37-2)36-18-4-5-19-36/h6-17,20-23H,4-5,18-19H2,1-3H3/b11-10+,13-12+. The Morgan fingerprint density at radius 1 is 0.658 bits per heavy atom. The van der Waals surface area contributed by atoms with Gasteiger partial charge in [0.05, 0.1) is 31.3 Å². The molecule has 0 bridgehead atoms. The van der Waals surface area contributed by atoms with Gasteiger partial charge in [-0.2, -0.15) is 0 Å². The molecule has 4 aromatic rings. The molecule has 0 N–H and O–H groups in total. The smallest absolute Gasteiger partial charge is 0.143 e. The lowest BCUT2D eigenvalue weighted by atomic mass is 10.1. The summed E-state index contributed by atoms with van der Waals surface area (Å²) in [5.74, 6) is 1.73. The highest BCUT2D eigenvalue weighted by Gasteiger charge is 2.19. The van der Waals surface area contributed by atoms with Gasteiger partial charge >= 0.3 is 0 Å². The summed E-state index contributed by atoms with van der Waals surface area (Å²) in [7, 11) is 3.45. The monoisotopic (exact) mass is 503 g/mol. The molecular weight excluding hydrogens is 470 g/mol. The number of anilines is 1. The second-order valence-electron chi connectivity index (χ2n) is 9.49. The number of hydrogen-bond acceptors (Lipinski definition) is 5. The Morgan fingerprint density at radius 3 is 1.92 bits per heavy atom. The van der Waals surface area contributed by atoms with Crippen molar-refractivity contribution < 1.29 is 9.47 Å². The fraction of sp³-hybridized carbons (Fsp3) is 0.212. The van der Waals surface area contributed by atoms with Crippen LogP contribution < -0.4 is 14.4 Å². The van der Waals surface area contributed by atoms with Crippen LogP contribution in [0.25, 0.3) is 35.7 Å². The molecule has 0 spiro atoms. The molecule has 1 aliphatic heterocycles. The Hall–Kier alpha value is -4.38. The zero-order chi connectivity index (χ0) is 26.3. The second-order valence-corrected chi connectivity index (χ2v) is 9.49. The average molecular weight is 504 g/mol. The molecule has 38 heavy (non-hydrogen) atoms. The van der Waals surface area contributed by atoms with Crippen molar-refractivity contribution >= 4 is 30.0 Å². The van der Waals surface area contributed by atoms with E-state index in [2.05, 4.69) is 94.6 Å². The molecule has 0 aliphatic carbocycles. The molecule has 2 aromatic heterocycles. The number of ether oxygens (including phenoxy) is 2. The number of pyridine rings is 2. The third kappa shape index (κ3) is 5.94. The van der Waals surface area contributed by atoms with E-state index in [-0.39, 0.29) is 0 Å². The minimum atomic E-state index is 0.848. The summed E-state index contributed by atoms with van der Waals surface area (Å²) < 4.78 is 11.4. The maximum Gasteiger partial charge on any atom is 0.143 e. The summed E-state index contributed by atoms with van der Waals surface area (Å²) in [5, 5.41) is 0.